The van der Waals surface area contributed by atoms with Crippen LogP contribution >= 0.6 is 0 Å². The minimum atomic E-state index is -5.21. The quantitative estimate of drug-likeness (QED) is 0.0362. The van der Waals surface area contributed by atoms with Crippen LogP contribution in [0.1, 0.15) is 27.1 Å². The summed E-state index contributed by atoms with van der Waals surface area (Å²) in [5.41, 5.74) is 3.28. The number of carbonyl (C=O) groups is 2. The van der Waals surface area contributed by atoms with Gasteiger partial charge in [-0.2, -0.15) is 16.8 Å². The van der Waals surface area contributed by atoms with E-state index in [1.807, 2.05) is 0 Å². The maximum absolute atomic E-state index is 13.6. The van der Waals surface area contributed by atoms with Crippen molar-refractivity contribution in [3.8, 4) is 34.2 Å². The highest BCUT2D eigenvalue weighted by atomic mass is 32.2. The summed E-state index contributed by atoms with van der Waals surface area (Å²) in [6.45, 7) is -0.527. The molecule has 0 atom stereocenters. The third-order valence-electron chi connectivity index (χ3n) is 7.15. The number of benzene rings is 3. The van der Waals surface area contributed by atoms with Gasteiger partial charge in [0, 0.05) is 41.3 Å². The number of carbonyl (C=O) groups excluding carboxylic acids is 1. The van der Waals surface area contributed by atoms with Crippen LogP contribution < -0.4 is 26.1 Å². The molecule has 2 aliphatic rings. The summed E-state index contributed by atoms with van der Waals surface area (Å²) in [4.78, 5) is 28.7. The summed E-state index contributed by atoms with van der Waals surface area (Å²) in [5, 5.41) is 35.1. The summed E-state index contributed by atoms with van der Waals surface area (Å²) in [5.74, 6) is -5.72. The van der Waals surface area contributed by atoms with Gasteiger partial charge in [0.05, 0.1) is 22.6 Å². The van der Waals surface area contributed by atoms with Gasteiger partial charge >= 0.3 is 22.1 Å². The second kappa shape index (κ2) is 12.7. The lowest BCUT2D eigenvalue weighted by Crippen LogP contribution is -2.47. The predicted octanol–water partition coefficient (Wildman–Crippen LogP) is -0.571. The number of nitrogens with zero attached hydrogens (tertiary/aromatic N) is 1. The van der Waals surface area contributed by atoms with Crippen molar-refractivity contribution in [3.05, 3.63) is 71.1 Å². The Hall–Kier alpha value is -5.52. The van der Waals surface area contributed by atoms with Crippen LogP contribution in [0.3, 0.4) is 0 Å². The summed E-state index contributed by atoms with van der Waals surface area (Å²) >= 11 is 0. The molecule has 22 heteroatoms. The fourth-order valence-electron chi connectivity index (χ4n) is 5.06. The third kappa shape index (κ3) is 6.83. The lowest BCUT2D eigenvalue weighted by atomic mass is 9.89. The first-order valence-corrected chi connectivity index (χ1v) is 18.3. The summed E-state index contributed by atoms with van der Waals surface area (Å²) in [7, 11) is -14.4. The molecule has 0 saturated heterocycles. The van der Waals surface area contributed by atoms with Gasteiger partial charge in [-0.05, 0) is 42.3 Å². The molecule has 2 heterocycles. The van der Waals surface area contributed by atoms with E-state index in [0.717, 1.165) is 42.5 Å². The molecule has 0 saturated carbocycles. The van der Waals surface area contributed by atoms with E-state index >= 15 is 0 Å². The maximum atomic E-state index is 13.6. The van der Waals surface area contributed by atoms with E-state index in [1.54, 1.807) is 0 Å². The Morgan fingerprint density at radius 2 is 1.54 bits per heavy atom. The van der Waals surface area contributed by atoms with Gasteiger partial charge in [-0.15, -0.1) is 4.73 Å². The molecule has 19 nitrogen and oxygen atoms in total. The Morgan fingerprint density at radius 3 is 2.14 bits per heavy atom. The normalized spacial score (nSPS) is 12.4. The molecule has 50 heavy (non-hydrogen) atoms. The third-order valence-corrected chi connectivity index (χ3v) is 10.4. The van der Waals surface area contributed by atoms with Crippen LogP contribution in [0.5, 0.6) is 11.8 Å². The van der Waals surface area contributed by atoms with Crippen LogP contribution in [-0.2, 0) is 30.3 Å². The zero-order valence-electron chi connectivity index (χ0n) is 25.0. The van der Waals surface area contributed by atoms with Crippen LogP contribution in [0.4, 0.5) is 5.69 Å². The topological polar surface area (TPSA) is 329 Å². The standard InChI is InChI=1S/C28H24N4O15S3/c29-18-6-4-15-22(14-3-2-13(12-17(14)27(35)36)28(37)47-32-20(33)8-9-21(32)34)16-5-7-19(30)26(50(43,44)45)24(16)46-23(15)25(18)49(41,42)31-10-1-11-48(38,39)40/h2-9,12,30-31,33-34H,1,10-11,29H2,(H,35,36)(H,38,39,40)(H,43,44,45)/p+1. The van der Waals surface area contributed by atoms with E-state index in [2.05, 4.69) is 4.72 Å². The minimum absolute atomic E-state index is 0.170. The number of rotatable bonds is 11. The number of hydrogen-bond donors (Lipinski definition) is 8. The fraction of sp³-hybridized carbons (Fsp3) is 0.107. The molecule has 0 spiro atoms. The number of fused-ring (bicyclic) bond motifs is 2. The summed E-state index contributed by atoms with van der Waals surface area (Å²) in [6, 6.07) is 9.67. The van der Waals surface area contributed by atoms with Gasteiger partial charge in [-0.25, -0.2) is 22.7 Å². The van der Waals surface area contributed by atoms with E-state index < -0.39 is 110 Å². The number of anilines is 1. The Morgan fingerprint density at radius 1 is 0.900 bits per heavy atom. The van der Waals surface area contributed by atoms with Crippen LogP contribution in [-0.4, -0.2) is 78.6 Å². The van der Waals surface area contributed by atoms with Crippen molar-refractivity contribution >= 4 is 58.9 Å². The first-order valence-electron chi connectivity index (χ1n) is 13.7. The molecular formula is C28H25N4O15S3+. The number of aromatic nitrogens is 1. The number of sulfonamides is 1. The molecule has 1 aliphatic carbocycles. The molecule has 0 amide bonds. The molecule has 10 N–H and O–H groups in total. The van der Waals surface area contributed by atoms with Gasteiger partial charge < -0.3 is 30.3 Å². The van der Waals surface area contributed by atoms with Gasteiger partial charge in [0.25, 0.3) is 10.1 Å². The molecule has 1 aliphatic heterocycles. The van der Waals surface area contributed by atoms with E-state index in [4.69, 9.17) is 25.0 Å². The summed E-state index contributed by atoms with van der Waals surface area (Å²) in [6.07, 6.45) is -0.377. The number of nitrogens with two attached hydrogens (primary N) is 2. The highest BCUT2D eigenvalue weighted by molar-refractivity contribution is 7.90. The zero-order valence-corrected chi connectivity index (χ0v) is 27.4. The van der Waals surface area contributed by atoms with Crippen molar-refractivity contribution in [2.45, 2.75) is 16.2 Å². The molecule has 5 rings (SSSR count). The largest absolute Gasteiger partial charge is 0.492 e. The number of hydrogen-bond acceptors (Lipinski definition) is 13. The molecule has 1 aromatic heterocycles. The number of nitrogen functional groups attached to an aromatic ring is 1. The Bertz CT molecular complexity index is 2570. The van der Waals surface area contributed by atoms with E-state index in [-0.39, 0.29) is 28.5 Å². The molecule has 3 aromatic rings. The van der Waals surface area contributed by atoms with Crippen molar-refractivity contribution in [3.63, 3.8) is 0 Å². The molecule has 0 bridgehead atoms. The van der Waals surface area contributed by atoms with Gasteiger partial charge in [0.1, 0.15) is 4.90 Å². The van der Waals surface area contributed by atoms with Crippen molar-refractivity contribution < 1.29 is 73.9 Å². The molecule has 0 radical (unpaired) electrons. The van der Waals surface area contributed by atoms with E-state index in [9.17, 15) is 54.7 Å². The zero-order chi connectivity index (χ0) is 36.9. The van der Waals surface area contributed by atoms with Crippen LogP contribution in [0.25, 0.3) is 33.4 Å². The lowest BCUT2D eigenvalue weighted by Gasteiger charge is -2.20. The van der Waals surface area contributed by atoms with Crippen LogP contribution in [0.15, 0.2) is 68.8 Å². The van der Waals surface area contributed by atoms with Crippen molar-refractivity contribution in [2.24, 2.45) is 0 Å². The van der Waals surface area contributed by atoms with E-state index in [0.29, 0.717) is 4.73 Å². The Labute approximate surface area is 281 Å². The SMILES string of the molecule is Nc1ccc2c(-c3ccc(C(=O)On4c(O)ccc4O)cc3C(=O)O)c3ccc(=[NH2+])c(S(=O)(=O)O)c-3oc2c1S(=O)(=O)NCCCS(=O)(=O)O. The second-order valence-corrected chi connectivity index (χ2v) is 15.1. The highest BCUT2D eigenvalue weighted by Crippen LogP contribution is 2.45. The average Bonchev–Trinajstić information content (AvgIpc) is 3.32. The lowest BCUT2D eigenvalue weighted by molar-refractivity contribution is -0.176. The van der Waals surface area contributed by atoms with Crippen LogP contribution in [0, 0.1) is 0 Å². The van der Waals surface area contributed by atoms with Gasteiger partial charge in [-0.1, -0.05) is 6.07 Å². The number of nitrogens with one attached hydrogen (secondary N) is 1. The smallest absolute Gasteiger partial charge is 0.363 e. The van der Waals surface area contributed by atoms with Gasteiger partial charge in [0.15, 0.2) is 11.3 Å². The monoisotopic (exact) mass is 753 g/mol. The van der Waals surface area contributed by atoms with E-state index in [1.165, 1.54) is 12.1 Å². The number of carboxylic acid groups (broad SMARTS) is 1. The number of aromatic hydroxyl groups is 2. The van der Waals surface area contributed by atoms with Crippen molar-refractivity contribution in [1.82, 2.24) is 9.45 Å². The Balaban J connectivity index is 1.81. The highest BCUT2D eigenvalue weighted by Gasteiger charge is 2.33. The first-order chi connectivity index (χ1) is 23.2. The second-order valence-electron chi connectivity index (χ2n) is 10.5. The number of aromatic carboxylic acids is 1. The molecule has 0 unspecified atom stereocenters. The molecule has 264 valence electrons. The predicted molar refractivity (Wildman–Crippen MR) is 169 cm³/mol. The minimum Gasteiger partial charge on any atom is -0.492 e. The molecule has 0 fully saturated rings. The molecular weight excluding hydrogens is 729 g/mol. The van der Waals surface area contributed by atoms with Crippen molar-refractivity contribution in [1.29, 1.82) is 0 Å². The first kappa shape index (κ1) is 35.8. The average molecular weight is 754 g/mol. The maximum Gasteiger partial charge on any atom is 0.363 e. The Kier molecular flexibility index (Phi) is 9.12. The van der Waals surface area contributed by atoms with Crippen LogP contribution in [0.2, 0.25) is 0 Å². The fourth-order valence-corrected chi connectivity index (χ4v) is 7.66. The van der Waals surface area contributed by atoms with Gasteiger partial charge in [-0.3, -0.25) is 14.5 Å². The summed E-state index contributed by atoms with van der Waals surface area (Å²) < 4.78 is 102. The van der Waals surface area contributed by atoms with Crippen molar-refractivity contribution in [2.75, 3.05) is 18.0 Å². The van der Waals surface area contributed by atoms with Gasteiger partial charge in [0.2, 0.25) is 32.0 Å². The number of carboxylic acids is 1. The molecule has 2 aromatic carbocycles.